The van der Waals surface area contributed by atoms with Gasteiger partial charge < -0.3 is 14.5 Å². The number of esters is 1. The van der Waals surface area contributed by atoms with Gasteiger partial charge in [0.15, 0.2) is 0 Å². The highest BCUT2D eigenvalue weighted by Gasteiger charge is 2.21. The maximum atomic E-state index is 12.5. The van der Waals surface area contributed by atoms with Gasteiger partial charge >= 0.3 is 11.6 Å². The van der Waals surface area contributed by atoms with Gasteiger partial charge in [-0.2, -0.15) is 4.98 Å². The third-order valence-corrected chi connectivity index (χ3v) is 7.11. The van der Waals surface area contributed by atoms with Gasteiger partial charge in [0.2, 0.25) is 0 Å². The monoisotopic (exact) mass is 480 g/mol. The van der Waals surface area contributed by atoms with Crippen LogP contribution in [0.4, 0.5) is 6.01 Å². The molecule has 0 aliphatic carbocycles. The molecule has 0 unspecified atom stereocenters. The Kier molecular flexibility index (Phi) is 13.1. The van der Waals surface area contributed by atoms with Crippen LogP contribution >= 0.6 is 11.3 Å². The smallest absolute Gasteiger partial charge is 0.349 e. The number of carbonyl (C=O) groups is 1. The van der Waals surface area contributed by atoms with Gasteiger partial charge in [0.05, 0.1) is 6.61 Å². The van der Waals surface area contributed by atoms with Crippen LogP contribution in [0, 0.1) is 6.92 Å². The molecule has 0 bridgehead atoms. The van der Waals surface area contributed by atoms with Crippen molar-refractivity contribution in [2.75, 3.05) is 18.5 Å². The largest absolute Gasteiger partial charge is 0.462 e. The molecule has 0 radical (unpaired) electrons. The van der Waals surface area contributed by atoms with Crippen molar-refractivity contribution >= 4 is 33.5 Å². The van der Waals surface area contributed by atoms with Crippen LogP contribution in [-0.2, 0) is 4.74 Å². The second kappa shape index (κ2) is 15.9. The molecule has 2 aromatic heterocycles. The molecule has 0 aromatic carbocycles. The Balaban J connectivity index is 0.00000578. The predicted octanol–water partition coefficient (Wildman–Crippen LogP) is 7.87. The number of anilines is 1. The van der Waals surface area contributed by atoms with E-state index in [0.29, 0.717) is 33.8 Å². The van der Waals surface area contributed by atoms with Crippen LogP contribution in [-0.4, -0.2) is 24.1 Å². The summed E-state index contributed by atoms with van der Waals surface area (Å²) in [5.74, 6) is -0.378. The van der Waals surface area contributed by atoms with Crippen molar-refractivity contribution in [3.05, 3.63) is 20.9 Å². The highest BCUT2D eigenvalue weighted by molar-refractivity contribution is 7.20. The Bertz CT molecular complexity index is 897. The van der Waals surface area contributed by atoms with Crippen LogP contribution in [0.15, 0.2) is 9.21 Å². The van der Waals surface area contributed by atoms with E-state index in [4.69, 9.17) is 9.15 Å². The SMILES string of the molecule is CCCCCCCCCCNc1nc2sc(C(=O)OCCCCCCCC)c(C)c2c(=O)o1.[HH]. The third kappa shape index (κ3) is 9.48. The van der Waals surface area contributed by atoms with Crippen molar-refractivity contribution in [1.29, 1.82) is 0 Å². The van der Waals surface area contributed by atoms with E-state index in [1.54, 1.807) is 6.92 Å². The lowest BCUT2D eigenvalue weighted by atomic mass is 10.1. The topological polar surface area (TPSA) is 81.4 Å². The Morgan fingerprint density at radius 3 is 2.15 bits per heavy atom. The Morgan fingerprint density at radius 2 is 1.52 bits per heavy atom. The van der Waals surface area contributed by atoms with Gasteiger partial charge in [0.25, 0.3) is 6.01 Å². The second-order valence-corrected chi connectivity index (χ2v) is 9.85. The van der Waals surface area contributed by atoms with Crippen molar-refractivity contribution in [3.63, 3.8) is 0 Å². The fourth-order valence-corrected chi connectivity index (χ4v) is 4.97. The van der Waals surface area contributed by atoms with Crippen molar-refractivity contribution in [3.8, 4) is 0 Å². The molecular weight excluding hydrogens is 436 g/mol. The van der Waals surface area contributed by atoms with E-state index in [0.717, 1.165) is 25.7 Å². The summed E-state index contributed by atoms with van der Waals surface area (Å²) in [4.78, 5) is 30.4. The van der Waals surface area contributed by atoms with Gasteiger partial charge in [0, 0.05) is 7.97 Å². The quantitative estimate of drug-likeness (QED) is 0.173. The van der Waals surface area contributed by atoms with E-state index in [1.165, 1.54) is 75.5 Å². The van der Waals surface area contributed by atoms with Crippen LogP contribution in [0.1, 0.15) is 120 Å². The summed E-state index contributed by atoms with van der Waals surface area (Å²) in [6, 6.07) is 0.226. The molecule has 0 fully saturated rings. The Morgan fingerprint density at radius 1 is 0.939 bits per heavy atom. The average Bonchev–Trinajstić information content (AvgIpc) is 3.14. The van der Waals surface area contributed by atoms with Gasteiger partial charge in [0.1, 0.15) is 15.1 Å². The third-order valence-electron chi connectivity index (χ3n) is 5.95. The summed E-state index contributed by atoms with van der Waals surface area (Å²) in [6.45, 7) is 7.31. The van der Waals surface area contributed by atoms with E-state index < -0.39 is 5.63 Å². The maximum Gasteiger partial charge on any atom is 0.349 e. The first-order chi connectivity index (χ1) is 16.1. The van der Waals surface area contributed by atoms with Gasteiger partial charge in [-0.25, -0.2) is 9.59 Å². The minimum atomic E-state index is -0.456. The minimum absolute atomic E-state index is 0. The summed E-state index contributed by atoms with van der Waals surface area (Å²) in [6.07, 6.45) is 16.7. The molecule has 188 valence electrons. The van der Waals surface area contributed by atoms with Crippen LogP contribution in [0.25, 0.3) is 10.2 Å². The van der Waals surface area contributed by atoms with E-state index in [1.807, 2.05) is 0 Å². The average molecular weight is 481 g/mol. The number of aromatic nitrogens is 1. The molecule has 6 nitrogen and oxygen atoms in total. The van der Waals surface area contributed by atoms with Gasteiger partial charge in [-0.05, 0) is 25.3 Å². The van der Waals surface area contributed by atoms with Crippen molar-refractivity contribution < 1.29 is 15.4 Å². The molecular formula is C26H44N2O4S. The molecule has 7 heteroatoms. The number of hydrogen-bond acceptors (Lipinski definition) is 7. The molecule has 0 atom stereocenters. The van der Waals surface area contributed by atoms with E-state index in [9.17, 15) is 9.59 Å². The standard InChI is InChI=1S/C26H42N2O4S.H2/c1-4-6-8-10-12-13-14-16-18-27-26-28-23-21(24(29)32-26)20(3)22(33-23)25(30)31-19-17-15-11-9-7-5-2;/h4-19H2,1-3H3,(H,27,28);1H. The molecule has 0 spiro atoms. The van der Waals surface area contributed by atoms with Gasteiger partial charge in [-0.15, -0.1) is 11.3 Å². The van der Waals surface area contributed by atoms with Crippen molar-refractivity contribution in [1.82, 2.24) is 4.98 Å². The molecule has 2 rings (SSSR count). The number of nitrogens with zero attached hydrogens (tertiary/aromatic N) is 1. The summed E-state index contributed by atoms with van der Waals surface area (Å²) in [5, 5.41) is 3.50. The lowest BCUT2D eigenvalue weighted by molar-refractivity contribution is 0.0503. The van der Waals surface area contributed by atoms with Crippen LogP contribution < -0.4 is 10.9 Å². The molecule has 0 aliphatic rings. The number of ether oxygens (including phenoxy) is 1. The number of hydrogen-bond donors (Lipinski definition) is 1. The van der Waals surface area contributed by atoms with Crippen LogP contribution in [0.5, 0.6) is 0 Å². The number of nitrogens with one attached hydrogen (secondary N) is 1. The molecule has 0 saturated carbocycles. The first-order valence-electron chi connectivity index (χ1n) is 12.9. The number of fused-ring (bicyclic) bond motifs is 1. The van der Waals surface area contributed by atoms with E-state index >= 15 is 0 Å². The fraction of sp³-hybridized carbons (Fsp3) is 0.731. The van der Waals surface area contributed by atoms with Crippen molar-refractivity contribution in [2.24, 2.45) is 0 Å². The van der Waals surface area contributed by atoms with Crippen LogP contribution in [0.2, 0.25) is 0 Å². The van der Waals surface area contributed by atoms with E-state index in [-0.39, 0.29) is 13.4 Å². The van der Waals surface area contributed by atoms with E-state index in [2.05, 4.69) is 24.1 Å². The highest BCUT2D eigenvalue weighted by atomic mass is 32.1. The number of unbranched alkanes of at least 4 members (excludes halogenated alkanes) is 12. The zero-order chi connectivity index (χ0) is 23.9. The lowest BCUT2D eigenvalue weighted by Gasteiger charge is -2.04. The second-order valence-electron chi connectivity index (χ2n) is 8.85. The normalized spacial score (nSPS) is 11.2. The lowest BCUT2D eigenvalue weighted by Crippen LogP contribution is -2.09. The molecule has 2 heterocycles. The first-order valence-corrected chi connectivity index (χ1v) is 13.7. The van der Waals surface area contributed by atoms with Gasteiger partial charge in [-0.3, -0.25) is 0 Å². The maximum absolute atomic E-state index is 12.5. The summed E-state index contributed by atoms with van der Waals surface area (Å²) in [5.41, 5.74) is 0.140. The Hall–Kier alpha value is -1.89. The summed E-state index contributed by atoms with van der Waals surface area (Å²) in [7, 11) is 0. The summed E-state index contributed by atoms with van der Waals surface area (Å²) < 4.78 is 10.8. The van der Waals surface area contributed by atoms with Crippen molar-refractivity contribution in [2.45, 2.75) is 111 Å². The molecule has 33 heavy (non-hydrogen) atoms. The van der Waals surface area contributed by atoms with Crippen LogP contribution in [0.3, 0.4) is 0 Å². The van der Waals surface area contributed by atoms with Gasteiger partial charge in [-0.1, -0.05) is 90.9 Å². The number of thiophene rings is 1. The number of rotatable bonds is 18. The fourth-order valence-electron chi connectivity index (χ4n) is 3.91. The first kappa shape index (κ1) is 27.4. The minimum Gasteiger partial charge on any atom is -0.462 e. The summed E-state index contributed by atoms with van der Waals surface area (Å²) >= 11 is 1.21. The molecule has 2 aromatic rings. The highest BCUT2D eigenvalue weighted by Crippen LogP contribution is 2.29. The predicted molar refractivity (Wildman–Crippen MR) is 140 cm³/mol. The number of aryl methyl sites for hydroxylation is 1. The Labute approximate surface area is 204 Å². The molecule has 0 saturated heterocycles. The number of carbonyl (C=O) groups excluding carboxylic acids is 1. The molecule has 0 aliphatic heterocycles. The molecule has 1 N–H and O–H groups in total. The zero-order valence-corrected chi connectivity index (χ0v) is 21.6. The molecule has 0 amide bonds. The zero-order valence-electron chi connectivity index (χ0n) is 20.8.